The van der Waals surface area contributed by atoms with E-state index in [0.717, 1.165) is 28.0 Å². The summed E-state index contributed by atoms with van der Waals surface area (Å²) < 4.78 is 5.24. The van der Waals surface area contributed by atoms with Gasteiger partial charge in [0.05, 0.1) is 7.11 Å². The molecular weight excluding hydrogens is 236 g/mol. The van der Waals surface area contributed by atoms with Crippen LogP contribution >= 0.6 is 0 Å². The highest BCUT2D eigenvalue weighted by atomic mass is 16.5. The molecule has 1 unspecified atom stereocenters. The summed E-state index contributed by atoms with van der Waals surface area (Å²) in [5, 5.41) is 10.5. The molecule has 2 aromatic rings. The lowest BCUT2D eigenvalue weighted by Gasteiger charge is -2.16. The fourth-order valence-corrected chi connectivity index (χ4v) is 2.38. The molecule has 0 spiro atoms. The molecule has 0 heterocycles. The molecule has 1 atom stereocenters. The first-order valence-corrected chi connectivity index (χ1v) is 6.42. The van der Waals surface area contributed by atoms with Gasteiger partial charge in [0, 0.05) is 0 Å². The highest BCUT2D eigenvalue weighted by molar-refractivity contribution is 5.42. The molecular formula is C17H20O2. The number of methoxy groups -OCH3 is 1. The van der Waals surface area contributed by atoms with Crippen LogP contribution in [0.15, 0.2) is 36.4 Å². The van der Waals surface area contributed by atoms with E-state index < -0.39 is 6.10 Å². The molecule has 0 bridgehead atoms. The fraction of sp³-hybridized carbons (Fsp3) is 0.294. The van der Waals surface area contributed by atoms with Crippen molar-refractivity contribution in [1.29, 1.82) is 0 Å². The van der Waals surface area contributed by atoms with E-state index in [1.54, 1.807) is 7.11 Å². The summed E-state index contributed by atoms with van der Waals surface area (Å²) in [4.78, 5) is 0. The van der Waals surface area contributed by atoms with E-state index >= 15 is 0 Å². The van der Waals surface area contributed by atoms with Gasteiger partial charge < -0.3 is 9.84 Å². The Bertz CT molecular complexity index is 588. The van der Waals surface area contributed by atoms with E-state index in [0.29, 0.717) is 0 Å². The Morgan fingerprint density at radius 3 is 2.26 bits per heavy atom. The van der Waals surface area contributed by atoms with Crippen molar-refractivity contribution < 1.29 is 9.84 Å². The maximum atomic E-state index is 10.5. The first kappa shape index (κ1) is 13.6. The summed E-state index contributed by atoms with van der Waals surface area (Å²) in [6.07, 6.45) is -0.592. The zero-order valence-electron chi connectivity index (χ0n) is 11.9. The molecule has 0 aromatic heterocycles. The van der Waals surface area contributed by atoms with Crippen LogP contribution in [0, 0.1) is 20.8 Å². The highest BCUT2D eigenvalue weighted by Crippen LogP contribution is 2.28. The minimum absolute atomic E-state index is 0.592. The second kappa shape index (κ2) is 5.45. The Balaban J connectivity index is 2.38. The summed E-state index contributed by atoms with van der Waals surface area (Å²) in [6, 6.07) is 11.9. The van der Waals surface area contributed by atoms with Crippen molar-refractivity contribution in [1.82, 2.24) is 0 Å². The number of hydrogen-bond acceptors (Lipinski definition) is 2. The topological polar surface area (TPSA) is 29.5 Å². The molecule has 2 aromatic carbocycles. The van der Waals surface area contributed by atoms with Gasteiger partial charge in [-0.05, 0) is 55.2 Å². The quantitative estimate of drug-likeness (QED) is 0.907. The monoisotopic (exact) mass is 256 g/mol. The second-order valence-electron chi connectivity index (χ2n) is 4.99. The molecule has 0 amide bonds. The van der Waals surface area contributed by atoms with E-state index in [2.05, 4.69) is 13.0 Å². The van der Waals surface area contributed by atoms with Gasteiger partial charge in [0.2, 0.25) is 0 Å². The number of hydrogen-bond donors (Lipinski definition) is 1. The largest absolute Gasteiger partial charge is 0.496 e. The Hall–Kier alpha value is -1.80. The molecule has 0 fully saturated rings. The molecule has 0 saturated heterocycles. The number of aliphatic hydroxyl groups is 1. The van der Waals surface area contributed by atoms with Crippen LogP contribution in [0.2, 0.25) is 0 Å². The van der Waals surface area contributed by atoms with Crippen molar-refractivity contribution in [3.63, 3.8) is 0 Å². The summed E-state index contributed by atoms with van der Waals surface area (Å²) in [5.41, 5.74) is 5.20. The fourth-order valence-electron chi connectivity index (χ4n) is 2.38. The maximum absolute atomic E-state index is 10.5. The van der Waals surface area contributed by atoms with E-state index in [1.807, 2.05) is 44.2 Å². The third-order valence-electron chi connectivity index (χ3n) is 3.45. The molecule has 2 nitrogen and oxygen atoms in total. The zero-order valence-corrected chi connectivity index (χ0v) is 11.9. The van der Waals surface area contributed by atoms with Crippen LogP contribution in [0.25, 0.3) is 0 Å². The zero-order chi connectivity index (χ0) is 14.0. The van der Waals surface area contributed by atoms with Gasteiger partial charge in [0.25, 0.3) is 0 Å². The van der Waals surface area contributed by atoms with Crippen molar-refractivity contribution >= 4 is 0 Å². The van der Waals surface area contributed by atoms with Crippen molar-refractivity contribution in [2.75, 3.05) is 7.11 Å². The molecule has 0 radical (unpaired) electrons. The van der Waals surface area contributed by atoms with Crippen LogP contribution in [0.1, 0.15) is 33.9 Å². The molecule has 0 aliphatic rings. The van der Waals surface area contributed by atoms with Crippen LogP contribution in [0.5, 0.6) is 5.75 Å². The van der Waals surface area contributed by atoms with Gasteiger partial charge in [0.1, 0.15) is 11.9 Å². The van der Waals surface area contributed by atoms with Crippen molar-refractivity contribution in [3.05, 3.63) is 64.2 Å². The molecule has 2 heteroatoms. The van der Waals surface area contributed by atoms with Gasteiger partial charge >= 0.3 is 0 Å². The maximum Gasteiger partial charge on any atom is 0.121 e. The first-order valence-electron chi connectivity index (χ1n) is 6.42. The SMILES string of the molecule is COc1ccc(C(O)c2ccc(C)cc2C)cc1C. The van der Waals surface area contributed by atoms with Gasteiger partial charge in [-0.3, -0.25) is 0 Å². The Morgan fingerprint density at radius 1 is 0.947 bits per heavy atom. The van der Waals surface area contributed by atoms with Crippen LogP contribution in [0.3, 0.4) is 0 Å². The molecule has 0 aliphatic heterocycles. The van der Waals surface area contributed by atoms with Gasteiger partial charge in [-0.2, -0.15) is 0 Å². The van der Waals surface area contributed by atoms with Gasteiger partial charge in [0.15, 0.2) is 0 Å². The average molecular weight is 256 g/mol. The summed E-state index contributed by atoms with van der Waals surface area (Å²) in [7, 11) is 1.66. The molecule has 0 saturated carbocycles. The smallest absolute Gasteiger partial charge is 0.121 e. The average Bonchev–Trinajstić information content (AvgIpc) is 2.38. The van der Waals surface area contributed by atoms with Crippen LogP contribution in [-0.2, 0) is 0 Å². The van der Waals surface area contributed by atoms with E-state index in [9.17, 15) is 5.11 Å². The lowest BCUT2D eigenvalue weighted by atomic mass is 9.95. The first-order chi connectivity index (χ1) is 9.02. The van der Waals surface area contributed by atoms with E-state index in [4.69, 9.17) is 4.74 Å². The summed E-state index contributed by atoms with van der Waals surface area (Å²) >= 11 is 0. The number of aryl methyl sites for hydroxylation is 3. The number of aliphatic hydroxyl groups excluding tert-OH is 1. The van der Waals surface area contributed by atoms with Crippen molar-refractivity contribution in [2.45, 2.75) is 26.9 Å². The molecule has 19 heavy (non-hydrogen) atoms. The lowest BCUT2D eigenvalue weighted by molar-refractivity contribution is 0.219. The van der Waals surface area contributed by atoms with Gasteiger partial charge in [-0.25, -0.2) is 0 Å². The molecule has 0 aliphatic carbocycles. The number of rotatable bonds is 3. The molecule has 100 valence electrons. The molecule has 1 N–H and O–H groups in total. The number of ether oxygens (including phenoxy) is 1. The van der Waals surface area contributed by atoms with Crippen molar-refractivity contribution in [3.8, 4) is 5.75 Å². The Labute approximate surface area is 114 Å². The third kappa shape index (κ3) is 2.79. The summed E-state index contributed by atoms with van der Waals surface area (Å²) in [5.74, 6) is 0.844. The lowest BCUT2D eigenvalue weighted by Crippen LogP contribution is -2.03. The molecule has 2 rings (SSSR count). The summed E-state index contributed by atoms with van der Waals surface area (Å²) in [6.45, 7) is 6.07. The Kier molecular flexibility index (Phi) is 3.91. The predicted molar refractivity (Wildman–Crippen MR) is 77.7 cm³/mol. The predicted octanol–water partition coefficient (Wildman–Crippen LogP) is 3.70. The highest BCUT2D eigenvalue weighted by Gasteiger charge is 2.14. The minimum Gasteiger partial charge on any atom is -0.496 e. The minimum atomic E-state index is -0.592. The van der Waals surface area contributed by atoms with Crippen LogP contribution in [0.4, 0.5) is 0 Å². The van der Waals surface area contributed by atoms with E-state index in [1.165, 1.54) is 5.56 Å². The number of benzene rings is 2. The van der Waals surface area contributed by atoms with Crippen LogP contribution in [-0.4, -0.2) is 12.2 Å². The third-order valence-corrected chi connectivity index (χ3v) is 3.45. The standard InChI is InChI=1S/C17H20O2/c1-11-5-7-15(12(2)9-11)17(18)14-6-8-16(19-4)13(3)10-14/h5-10,17-18H,1-4H3. The second-order valence-corrected chi connectivity index (χ2v) is 4.99. The van der Waals surface area contributed by atoms with Gasteiger partial charge in [-0.1, -0.05) is 29.8 Å². The van der Waals surface area contributed by atoms with Gasteiger partial charge in [-0.15, -0.1) is 0 Å². The normalized spacial score (nSPS) is 12.3. The Morgan fingerprint density at radius 2 is 1.68 bits per heavy atom. The van der Waals surface area contributed by atoms with Crippen molar-refractivity contribution in [2.24, 2.45) is 0 Å². The van der Waals surface area contributed by atoms with E-state index in [-0.39, 0.29) is 0 Å². The van der Waals surface area contributed by atoms with Crippen LogP contribution < -0.4 is 4.74 Å².